The van der Waals surface area contributed by atoms with E-state index in [0.29, 0.717) is 44.0 Å². The van der Waals surface area contributed by atoms with Crippen LogP contribution in [-0.2, 0) is 33.5 Å². The lowest BCUT2D eigenvalue weighted by molar-refractivity contribution is 0.0329. The zero-order chi connectivity index (χ0) is 40.6. The fraction of sp³-hybridized carbons (Fsp3) is 0.367. The van der Waals surface area contributed by atoms with E-state index in [1.54, 1.807) is 12.1 Å². The van der Waals surface area contributed by atoms with Crippen molar-refractivity contribution in [3.63, 3.8) is 0 Å². The molecule has 0 spiro atoms. The second-order valence-corrected chi connectivity index (χ2v) is 20.2. The molecule has 5 aromatic carbocycles. The molecule has 0 aliphatic carbocycles. The van der Waals surface area contributed by atoms with E-state index in [9.17, 15) is 5.26 Å². The molecule has 0 N–H and O–H groups in total. The topological polar surface area (TPSA) is 33.6 Å². The van der Waals surface area contributed by atoms with Crippen molar-refractivity contribution in [3.05, 3.63) is 117 Å². The maximum absolute atomic E-state index is 18.0. The van der Waals surface area contributed by atoms with Crippen molar-refractivity contribution in [2.45, 2.75) is 117 Å². The number of nitriles is 1. The Morgan fingerprint density at radius 2 is 0.839 bits per heavy atom. The lowest BCUT2D eigenvalue weighted by Crippen LogP contribution is -2.34. The fourth-order valence-electron chi connectivity index (χ4n) is 9.54. The molecule has 0 unspecified atom stereocenters. The highest BCUT2D eigenvalue weighted by atomic mass is 19.3. The summed E-state index contributed by atoms with van der Waals surface area (Å²) in [6.45, 7) is 23.9. The molecule has 4 heterocycles. The number of fused-ring (bicyclic) bond motifs is 10. The van der Waals surface area contributed by atoms with Gasteiger partial charge in [0.1, 0.15) is 6.07 Å². The molecule has 9 rings (SSSR count). The molecule has 2 aliphatic heterocycles. The molecule has 2 aliphatic rings. The average Bonchev–Trinajstić information content (AvgIpc) is 3.59. The van der Waals surface area contributed by atoms with Crippen molar-refractivity contribution < 1.29 is 17.6 Å². The van der Waals surface area contributed by atoms with Crippen LogP contribution in [-0.4, -0.2) is 9.13 Å². The van der Waals surface area contributed by atoms with E-state index >= 15 is 17.6 Å². The van der Waals surface area contributed by atoms with Crippen molar-refractivity contribution in [1.29, 1.82) is 5.26 Å². The van der Waals surface area contributed by atoms with E-state index in [2.05, 4.69) is 53.7 Å². The van der Waals surface area contributed by atoms with E-state index in [1.807, 2.05) is 93.1 Å². The Kier molecular flexibility index (Phi) is 6.95. The average molecular weight is 754 g/mol. The first-order chi connectivity index (χ1) is 25.8. The number of rotatable bonds is 0. The van der Waals surface area contributed by atoms with Gasteiger partial charge in [-0.2, -0.15) is 22.8 Å². The third-order valence-electron chi connectivity index (χ3n) is 12.3. The first-order valence-corrected chi connectivity index (χ1v) is 19.4. The van der Waals surface area contributed by atoms with Crippen molar-refractivity contribution in [2.24, 2.45) is 0 Å². The van der Waals surface area contributed by atoms with Gasteiger partial charge in [0.05, 0.1) is 61.3 Å². The second-order valence-electron chi connectivity index (χ2n) is 20.2. The molecule has 7 heteroatoms. The van der Waals surface area contributed by atoms with Crippen molar-refractivity contribution in [1.82, 2.24) is 9.13 Å². The minimum absolute atomic E-state index is 0.0416. The largest absolute Gasteiger partial charge is 0.308 e. The van der Waals surface area contributed by atoms with Gasteiger partial charge in [0.25, 0.3) is 0 Å². The zero-order valence-electron chi connectivity index (χ0n) is 34.2. The normalized spacial score (nSPS) is 16.1. The standard InChI is InChI=1S/C49H47F4N3/c1-44(2,3)25-13-19-34-29(21-25)27-15-17-32(46(7,8)9)40-42(27)55(34)36-23-37-39(31(24-54)38(36)48(40,50)51)49(52,53)41-33(47(10,11)12)18-16-28-30-22-26(45(4,5)6)14-20-35(30)56(37)43(28)41/h13-23H,1-12H3. The van der Waals surface area contributed by atoms with Gasteiger partial charge in [-0.3, -0.25) is 0 Å². The van der Waals surface area contributed by atoms with Crippen LogP contribution in [0.3, 0.4) is 0 Å². The van der Waals surface area contributed by atoms with Crippen LogP contribution in [0.25, 0.3) is 55.0 Å². The number of alkyl halides is 4. The van der Waals surface area contributed by atoms with Crippen LogP contribution in [0.5, 0.6) is 0 Å². The molecule has 0 atom stereocenters. The number of halogens is 4. The highest BCUT2D eigenvalue weighted by molar-refractivity contribution is 6.14. The summed E-state index contributed by atoms with van der Waals surface area (Å²) < 4.78 is 75.8. The summed E-state index contributed by atoms with van der Waals surface area (Å²) in [4.78, 5) is 0. The van der Waals surface area contributed by atoms with Crippen LogP contribution in [0.2, 0.25) is 0 Å². The van der Waals surface area contributed by atoms with Crippen LogP contribution in [0, 0.1) is 11.3 Å². The molecule has 56 heavy (non-hydrogen) atoms. The summed E-state index contributed by atoms with van der Waals surface area (Å²) in [5, 5.41) is 14.0. The number of aromatic nitrogens is 2. The monoisotopic (exact) mass is 753 g/mol. The van der Waals surface area contributed by atoms with Crippen LogP contribution in [0.1, 0.15) is 133 Å². The van der Waals surface area contributed by atoms with Gasteiger partial charge in [-0.1, -0.05) is 119 Å². The third kappa shape index (κ3) is 4.56. The fourth-order valence-corrected chi connectivity index (χ4v) is 9.54. The summed E-state index contributed by atoms with van der Waals surface area (Å²) in [7, 11) is 0. The van der Waals surface area contributed by atoms with Crippen molar-refractivity contribution >= 4 is 43.6 Å². The van der Waals surface area contributed by atoms with Gasteiger partial charge < -0.3 is 9.13 Å². The highest BCUT2D eigenvalue weighted by Crippen LogP contribution is 2.59. The molecule has 0 saturated heterocycles. The molecule has 0 saturated carbocycles. The van der Waals surface area contributed by atoms with E-state index in [4.69, 9.17) is 0 Å². The Bertz CT molecular complexity index is 2760. The molecule has 2 aromatic heterocycles. The maximum Gasteiger partial charge on any atom is 0.304 e. The third-order valence-corrected chi connectivity index (χ3v) is 12.3. The van der Waals surface area contributed by atoms with Crippen LogP contribution >= 0.6 is 0 Å². The molecule has 7 aromatic rings. The molecule has 0 amide bonds. The van der Waals surface area contributed by atoms with Gasteiger partial charge in [0.2, 0.25) is 0 Å². The first kappa shape index (κ1) is 36.5. The Morgan fingerprint density at radius 1 is 0.464 bits per heavy atom. The highest BCUT2D eigenvalue weighted by Gasteiger charge is 2.54. The number of benzene rings is 5. The van der Waals surface area contributed by atoms with E-state index in [-0.39, 0.29) is 33.3 Å². The second kappa shape index (κ2) is 10.6. The van der Waals surface area contributed by atoms with Gasteiger partial charge in [0, 0.05) is 21.5 Å². The van der Waals surface area contributed by atoms with E-state index < -0.39 is 39.4 Å². The quantitative estimate of drug-likeness (QED) is 0.142. The summed E-state index contributed by atoms with van der Waals surface area (Å²) >= 11 is 0. The van der Waals surface area contributed by atoms with Crippen molar-refractivity contribution in [2.75, 3.05) is 0 Å². The van der Waals surface area contributed by atoms with Gasteiger partial charge >= 0.3 is 11.8 Å². The Labute approximate surface area is 325 Å². The Morgan fingerprint density at radius 3 is 1.16 bits per heavy atom. The van der Waals surface area contributed by atoms with Gasteiger partial charge in [0.15, 0.2) is 0 Å². The lowest BCUT2D eigenvalue weighted by Gasteiger charge is -2.38. The number of nitrogens with zero attached hydrogens (tertiary/aromatic N) is 3. The van der Waals surface area contributed by atoms with Gasteiger partial charge in [-0.05, 0) is 74.2 Å². The molecular weight excluding hydrogens is 707 g/mol. The van der Waals surface area contributed by atoms with Crippen LogP contribution < -0.4 is 0 Å². The molecule has 0 fully saturated rings. The minimum atomic E-state index is -3.79. The number of hydrogen-bond acceptors (Lipinski definition) is 1. The summed E-state index contributed by atoms with van der Waals surface area (Å²) in [6.07, 6.45) is 0. The molecule has 0 bridgehead atoms. The predicted octanol–water partition coefficient (Wildman–Crippen LogP) is 13.8. The Hall–Kier alpha value is -5.09. The molecule has 286 valence electrons. The first-order valence-electron chi connectivity index (χ1n) is 19.4. The van der Waals surface area contributed by atoms with E-state index in [0.717, 1.165) is 21.9 Å². The maximum atomic E-state index is 18.0. The molecule has 0 radical (unpaired) electrons. The molecular formula is C49H47F4N3. The number of hydrogen-bond donors (Lipinski definition) is 0. The summed E-state index contributed by atoms with van der Waals surface area (Å²) in [5.74, 6) is -7.57. The van der Waals surface area contributed by atoms with Gasteiger partial charge in [-0.25, -0.2) is 0 Å². The van der Waals surface area contributed by atoms with Crippen LogP contribution in [0.4, 0.5) is 17.6 Å². The summed E-state index contributed by atoms with van der Waals surface area (Å²) in [5.41, 5.74) is 0.613. The van der Waals surface area contributed by atoms with Gasteiger partial charge in [-0.15, -0.1) is 0 Å². The predicted molar refractivity (Wildman–Crippen MR) is 221 cm³/mol. The molecule has 3 nitrogen and oxygen atoms in total. The Balaban J connectivity index is 1.53. The summed E-state index contributed by atoms with van der Waals surface area (Å²) in [6, 6.07) is 22.9. The van der Waals surface area contributed by atoms with E-state index in [1.165, 1.54) is 6.07 Å². The SMILES string of the molecule is CC(C)(C)c1ccc2c(c1)c1ccc(C(C)(C)C)c3c1n2-c1cc2c(c(C#N)c1C3(F)F)C(F)(F)c1c(C(C)(C)C)ccc3c4cc(C(C)(C)C)ccc4n-2c13. The smallest absolute Gasteiger partial charge is 0.304 e. The van der Waals surface area contributed by atoms with Crippen molar-refractivity contribution in [3.8, 4) is 17.4 Å². The van der Waals surface area contributed by atoms with Crippen LogP contribution in [0.15, 0.2) is 66.7 Å². The minimum Gasteiger partial charge on any atom is -0.308 e. The lowest BCUT2D eigenvalue weighted by atomic mass is 9.75. The zero-order valence-corrected chi connectivity index (χ0v) is 34.2.